The summed E-state index contributed by atoms with van der Waals surface area (Å²) in [6, 6.07) is 0. The van der Waals surface area contributed by atoms with Crippen molar-refractivity contribution in [2.24, 2.45) is 63.6 Å². The second-order valence-electron chi connectivity index (χ2n) is 23.5. The molecule has 0 spiro atoms. The van der Waals surface area contributed by atoms with E-state index in [-0.39, 0.29) is 40.4 Å². The van der Waals surface area contributed by atoms with Gasteiger partial charge in [-0.1, -0.05) is 27.7 Å². The topological polar surface area (TPSA) is 169 Å². The molecule has 11 rings (SSSR count). The van der Waals surface area contributed by atoms with Gasteiger partial charge in [0.25, 0.3) is 10.1 Å². The van der Waals surface area contributed by atoms with Crippen LogP contribution in [0.1, 0.15) is 178 Å². The molecule has 10 saturated carbocycles. The zero-order chi connectivity index (χ0) is 45.4. The van der Waals surface area contributed by atoms with Crippen LogP contribution in [0.5, 0.6) is 0 Å². The minimum absolute atomic E-state index is 0.0130. The van der Waals surface area contributed by atoms with Crippen LogP contribution in [0.4, 0.5) is 0 Å². The van der Waals surface area contributed by atoms with Crippen molar-refractivity contribution in [3.8, 4) is 0 Å². The molecule has 0 aromatic rings. The van der Waals surface area contributed by atoms with Gasteiger partial charge in [-0.3, -0.25) is 18.6 Å². The molecule has 7 unspecified atom stereocenters. The zero-order valence-electron chi connectivity index (χ0n) is 39.4. The van der Waals surface area contributed by atoms with Gasteiger partial charge in [0.2, 0.25) is 0 Å². The highest BCUT2D eigenvalue weighted by molar-refractivity contribution is 7.87. The highest BCUT2D eigenvalue weighted by Crippen LogP contribution is 2.62. The van der Waals surface area contributed by atoms with Gasteiger partial charge in [-0.25, -0.2) is 4.79 Å². The number of carbonyl (C=O) groups excluding carboxylic acids is 4. The SMILES string of the molecule is CCC(C)(C)C(=O)OC1(CC)C2CC3CC(C2)CC1C3.CCC(C)(C)C(=O)OC12CC3CC(CC(O)(C3)C1)C2.CCC(C)(C)C(=O)OCC(=O)OC1C2CC3C1OS(=O)(=O)C3C2. The molecule has 11 fully saturated rings. The number of hydrogen-bond donors (Lipinski definition) is 1. The molecule has 0 radical (unpaired) electrons. The van der Waals surface area contributed by atoms with Crippen molar-refractivity contribution in [2.75, 3.05) is 6.61 Å². The minimum Gasteiger partial charge on any atom is -0.459 e. The fraction of sp³-hybridized carbons (Fsp3) is 0.918. The summed E-state index contributed by atoms with van der Waals surface area (Å²) in [5.74, 6) is 3.02. The van der Waals surface area contributed by atoms with Crippen LogP contribution in [-0.2, 0) is 52.4 Å². The summed E-state index contributed by atoms with van der Waals surface area (Å²) in [6.07, 6.45) is 15.6. The minimum atomic E-state index is -3.53. The smallest absolute Gasteiger partial charge is 0.344 e. The average molecular weight is 891 g/mol. The van der Waals surface area contributed by atoms with E-state index >= 15 is 0 Å². The predicted molar refractivity (Wildman–Crippen MR) is 231 cm³/mol. The molecule has 12 nitrogen and oxygen atoms in total. The first-order chi connectivity index (χ1) is 28.8. The normalized spacial score (nSPS) is 41.1. The van der Waals surface area contributed by atoms with Crippen LogP contribution in [0.15, 0.2) is 0 Å². The van der Waals surface area contributed by atoms with Crippen LogP contribution in [0, 0.1) is 63.6 Å². The molecule has 7 atom stereocenters. The highest BCUT2D eigenvalue weighted by Gasteiger charge is 2.66. The third kappa shape index (κ3) is 9.00. The van der Waals surface area contributed by atoms with Crippen LogP contribution in [-0.4, -0.2) is 78.3 Å². The Balaban J connectivity index is 0.000000141. The van der Waals surface area contributed by atoms with Gasteiger partial charge in [0.05, 0.1) is 27.1 Å². The summed E-state index contributed by atoms with van der Waals surface area (Å²) in [5, 5.41) is 10.2. The van der Waals surface area contributed by atoms with Crippen LogP contribution in [0.2, 0.25) is 0 Å². The van der Waals surface area contributed by atoms with Gasteiger partial charge in [-0.05, 0) is 180 Å². The van der Waals surface area contributed by atoms with Crippen molar-refractivity contribution in [2.45, 2.75) is 213 Å². The molecule has 0 amide bonds. The summed E-state index contributed by atoms with van der Waals surface area (Å²) < 4.78 is 51.4. The van der Waals surface area contributed by atoms with E-state index in [1.165, 1.54) is 38.5 Å². The van der Waals surface area contributed by atoms with Gasteiger partial charge < -0.3 is 24.1 Å². The lowest BCUT2D eigenvalue weighted by molar-refractivity contribution is -0.225. The van der Waals surface area contributed by atoms with Gasteiger partial charge >= 0.3 is 23.9 Å². The van der Waals surface area contributed by atoms with Crippen LogP contribution >= 0.6 is 0 Å². The van der Waals surface area contributed by atoms with E-state index in [2.05, 4.69) is 13.8 Å². The number of fused-ring (bicyclic) bond motifs is 1. The molecule has 1 saturated heterocycles. The standard InChI is InChI=1S/C18H30O2.C16H26O3.C15H22O7S/c1-5-17(3,4)16(19)20-18(6-2)14-8-12-7-13(10-14)11-15(18)9-12;1-4-14(2,3)13(17)19-16-8-11-5-12(9-16)7-15(18,6-11)10-16;1-4-15(2,3)14(17)20-7-11(16)21-12-8-5-9-10(6-8)23(18,19)22-13(9)12/h12-15H,5-11H2,1-4H3;11-12,18H,4-10H2,1-3H3;8-10,12-13H,4-7H2,1-3H3. The molecule has 352 valence electrons. The lowest BCUT2D eigenvalue weighted by Crippen LogP contribution is -2.61. The molecular formula is C49H78O12S. The van der Waals surface area contributed by atoms with Gasteiger partial charge in [0.15, 0.2) is 6.61 Å². The molecule has 1 N–H and O–H groups in total. The monoisotopic (exact) mass is 891 g/mol. The Kier molecular flexibility index (Phi) is 13.0. The molecule has 0 aromatic heterocycles. The number of carbonyl (C=O) groups is 4. The first-order valence-electron chi connectivity index (χ1n) is 24.3. The number of aliphatic hydroxyl groups is 1. The summed E-state index contributed by atoms with van der Waals surface area (Å²) in [5.41, 5.74) is -2.44. The van der Waals surface area contributed by atoms with Gasteiger partial charge in [0, 0.05) is 18.3 Å². The van der Waals surface area contributed by atoms with Crippen molar-refractivity contribution in [3.63, 3.8) is 0 Å². The van der Waals surface area contributed by atoms with E-state index in [0.29, 0.717) is 49.4 Å². The second-order valence-corrected chi connectivity index (χ2v) is 25.3. The largest absolute Gasteiger partial charge is 0.459 e. The van der Waals surface area contributed by atoms with E-state index in [1.54, 1.807) is 13.8 Å². The molecular weight excluding hydrogens is 813 g/mol. The van der Waals surface area contributed by atoms with Crippen molar-refractivity contribution in [3.05, 3.63) is 0 Å². The van der Waals surface area contributed by atoms with E-state index in [4.69, 9.17) is 23.1 Å². The molecule has 0 aromatic carbocycles. The Morgan fingerprint density at radius 2 is 1.16 bits per heavy atom. The lowest BCUT2D eigenvalue weighted by atomic mass is 9.49. The van der Waals surface area contributed by atoms with Gasteiger partial charge in [0.1, 0.15) is 23.4 Å². The molecule has 1 heterocycles. The highest BCUT2D eigenvalue weighted by atomic mass is 32.2. The fourth-order valence-electron chi connectivity index (χ4n) is 13.7. The maximum Gasteiger partial charge on any atom is 0.344 e. The number of hydrogen-bond acceptors (Lipinski definition) is 12. The van der Waals surface area contributed by atoms with Crippen molar-refractivity contribution in [1.82, 2.24) is 0 Å². The van der Waals surface area contributed by atoms with Crippen molar-refractivity contribution in [1.29, 1.82) is 0 Å². The maximum atomic E-state index is 12.6. The zero-order valence-corrected chi connectivity index (χ0v) is 40.2. The Labute approximate surface area is 371 Å². The third-order valence-corrected chi connectivity index (χ3v) is 19.7. The molecule has 10 aliphatic carbocycles. The molecule has 62 heavy (non-hydrogen) atoms. The first-order valence-corrected chi connectivity index (χ1v) is 25.8. The van der Waals surface area contributed by atoms with E-state index in [9.17, 15) is 32.7 Å². The third-order valence-electron chi connectivity index (χ3n) is 18.0. The predicted octanol–water partition coefficient (Wildman–Crippen LogP) is 8.63. The van der Waals surface area contributed by atoms with Crippen LogP contribution in [0.25, 0.3) is 0 Å². The summed E-state index contributed by atoms with van der Waals surface area (Å²) in [4.78, 5) is 48.8. The summed E-state index contributed by atoms with van der Waals surface area (Å²) in [7, 11) is -3.53. The van der Waals surface area contributed by atoms with Gasteiger partial charge in [-0.2, -0.15) is 8.42 Å². The number of ether oxygens (including phenoxy) is 4. The molecule has 1 aliphatic heterocycles. The maximum absolute atomic E-state index is 12.6. The van der Waals surface area contributed by atoms with Crippen molar-refractivity contribution < 1.29 is 55.8 Å². The summed E-state index contributed by atoms with van der Waals surface area (Å²) >= 11 is 0. The molecule has 10 bridgehead atoms. The fourth-order valence-corrected chi connectivity index (χ4v) is 15.6. The van der Waals surface area contributed by atoms with Crippen LogP contribution in [0.3, 0.4) is 0 Å². The quantitative estimate of drug-likeness (QED) is 0.113. The lowest BCUT2D eigenvalue weighted by Gasteiger charge is -2.60. The molecule has 11 aliphatic rings. The van der Waals surface area contributed by atoms with Crippen LogP contribution < -0.4 is 0 Å². The Hall–Kier alpha value is -2.25. The Morgan fingerprint density at radius 3 is 1.66 bits per heavy atom. The second kappa shape index (κ2) is 16.9. The molecule has 13 heteroatoms. The number of rotatable bonds is 12. The van der Waals surface area contributed by atoms with E-state index in [0.717, 1.165) is 56.8 Å². The Morgan fingerprint density at radius 1 is 0.661 bits per heavy atom. The van der Waals surface area contributed by atoms with Gasteiger partial charge in [-0.15, -0.1) is 0 Å². The summed E-state index contributed by atoms with van der Waals surface area (Å²) in [6.45, 7) is 19.2. The first kappa shape index (κ1) is 47.7. The van der Waals surface area contributed by atoms with E-state index in [1.807, 2.05) is 41.5 Å². The van der Waals surface area contributed by atoms with Crippen molar-refractivity contribution >= 4 is 34.0 Å². The average Bonchev–Trinajstić information content (AvgIpc) is 3.82. The van der Waals surface area contributed by atoms with E-state index < -0.39 is 62.6 Å². The number of esters is 4. The Bertz CT molecular complexity index is 1790.